The Balaban J connectivity index is 2.00. The molecule has 1 aromatic carbocycles. The maximum atomic E-state index is 13.6. The molecule has 2 nitrogen and oxygen atoms in total. The molecule has 1 aliphatic carbocycles. The fourth-order valence-electron chi connectivity index (χ4n) is 2.43. The van der Waals surface area contributed by atoms with Gasteiger partial charge in [-0.25, -0.2) is 4.39 Å². The Morgan fingerprint density at radius 1 is 1.35 bits per heavy atom. The van der Waals surface area contributed by atoms with Crippen molar-refractivity contribution in [1.82, 2.24) is 5.32 Å². The number of hydrogen-bond acceptors (Lipinski definition) is 2. The summed E-state index contributed by atoms with van der Waals surface area (Å²) in [6.07, 6.45) is 3.87. The fourth-order valence-corrected chi connectivity index (χ4v) is 2.43. The Labute approximate surface area is 102 Å². The van der Waals surface area contributed by atoms with Crippen molar-refractivity contribution in [3.63, 3.8) is 0 Å². The first-order chi connectivity index (χ1) is 8.08. The lowest BCUT2D eigenvalue weighted by molar-refractivity contribution is 0.229. The van der Waals surface area contributed by atoms with Crippen LogP contribution in [0.4, 0.5) is 4.39 Å². The molecule has 1 aliphatic rings. The second kappa shape index (κ2) is 5.05. The maximum Gasteiger partial charge on any atom is 0.131 e. The summed E-state index contributed by atoms with van der Waals surface area (Å²) in [4.78, 5) is 0. The predicted molar refractivity (Wildman–Crippen MR) is 66.4 cm³/mol. The average Bonchev–Trinajstić information content (AvgIpc) is 2.13. The van der Waals surface area contributed by atoms with Gasteiger partial charge in [-0.15, -0.1) is 0 Å². The zero-order valence-corrected chi connectivity index (χ0v) is 10.4. The third kappa shape index (κ3) is 2.78. The van der Waals surface area contributed by atoms with E-state index in [1.807, 2.05) is 6.92 Å². The van der Waals surface area contributed by atoms with E-state index in [0.29, 0.717) is 11.6 Å². The molecular formula is C14H20FNO. The summed E-state index contributed by atoms with van der Waals surface area (Å²) in [5.41, 5.74) is 0.619. The lowest BCUT2D eigenvalue weighted by atomic mass is 9.80. The molecule has 1 fully saturated rings. The van der Waals surface area contributed by atoms with Crippen molar-refractivity contribution in [2.75, 3.05) is 0 Å². The first-order valence-electron chi connectivity index (χ1n) is 6.32. The Bertz CT molecular complexity index is 390. The van der Waals surface area contributed by atoms with Crippen LogP contribution >= 0.6 is 0 Å². The highest BCUT2D eigenvalue weighted by atomic mass is 19.1. The van der Waals surface area contributed by atoms with Crippen LogP contribution in [0.25, 0.3) is 0 Å². The van der Waals surface area contributed by atoms with E-state index in [2.05, 4.69) is 12.2 Å². The van der Waals surface area contributed by atoms with Crippen LogP contribution in [0.15, 0.2) is 18.2 Å². The Morgan fingerprint density at radius 3 is 2.59 bits per heavy atom. The minimum absolute atomic E-state index is 0.0220. The van der Waals surface area contributed by atoms with Crippen LogP contribution in [-0.4, -0.2) is 11.1 Å². The quantitative estimate of drug-likeness (QED) is 0.841. The zero-order chi connectivity index (χ0) is 12.4. The Morgan fingerprint density at radius 2 is 2.06 bits per heavy atom. The van der Waals surface area contributed by atoms with Gasteiger partial charge in [-0.1, -0.05) is 12.5 Å². The van der Waals surface area contributed by atoms with Gasteiger partial charge in [-0.2, -0.15) is 0 Å². The Hall–Kier alpha value is -1.09. The molecule has 0 aliphatic heterocycles. The molecule has 0 amide bonds. The van der Waals surface area contributed by atoms with E-state index >= 15 is 0 Å². The highest BCUT2D eigenvalue weighted by Crippen LogP contribution is 2.31. The molecule has 2 N–H and O–H groups in total. The van der Waals surface area contributed by atoms with Gasteiger partial charge in [0.25, 0.3) is 0 Å². The summed E-state index contributed by atoms with van der Waals surface area (Å²) in [7, 11) is 0. The van der Waals surface area contributed by atoms with Gasteiger partial charge in [0.1, 0.15) is 11.6 Å². The number of phenols is 1. The standard InChI is InChI=1S/C14H20FNO/c1-9(11-4-3-5-11)16-10(2)13-7-6-12(17)8-14(13)15/h6-11,16-17H,3-5H2,1-2H3. The smallest absolute Gasteiger partial charge is 0.131 e. The fraction of sp³-hybridized carbons (Fsp3) is 0.571. The maximum absolute atomic E-state index is 13.6. The summed E-state index contributed by atoms with van der Waals surface area (Å²) in [5.74, 6) is 0.369. The molecule has 2 rings (SSSR count). The Kier molecular flexibility index (Phi) is 3.67. The second-order valence-electron chi connectivity index (χ2n) is 5.07. The van der Waals surface area contributed by atoms with Gasteiger partial charge >= 0.3 is 0 Å². The third-order valence-electron chi connectivity index (χ3n) is 3.82. The van der Waals surface area contributed by atoms with Crippen LogP contribution in [0.5, 0.6) is 5.75 Å². The molecule has 0 saturated heterocycles. The molecule has 2 unspecified atom stereocenters. The van der Waals surface area contributed by atoms with Crippen LogP contribution in [0.2, 0.25) is 0 Å². The van der Waals surface area contributed by atoms with Crippen molar-refractivity contribution >= 4 is 0 Å². The summed E-state index contributed by atoms with van der Waals surface area (Å²) in [5, 5.41) is 12.6. The van der Waals surface area contributed by atoms with Crippen LogP contribution in [-0.2, 0) is 0 Å². The van der Waals surface area contributed by atoms with E-state index in [4.69, 9.17) is 0 Å². The molecule has 0 bridgehead atoms. The molecule has 94 valence electrons. The van der Waals surface area contributed by atoms with Gasteiger partial charge in [-0.3, -0.25) is 0 Å². The monoisotopic (exact) mass is 237 g/mol. The van der Waals surface area contributed by atoms with Gasteiger partial charge in [-0.05, 0) is 38.7 Å². The molecule has 0 spiro atoms. The van der Waals surface area contributed by atoms with Crippen molar-refractivity contribution in [2.24, 2.45) is 5.92 Å². The number of aromatic hydroxyl groups is 1. The molecule has 3 heteroatoms. The lowest BCUT2D eigenvalue weighted by Crippen LogP contribution is -2.38. The molecular weight excluding hydrogens is 217 g/mol. The van der Waals surface area contributed by atoms with Crippen molar-refractivity contribution in [1.29, 1.82) is 0 Å². The van der Waals surface area contributed by atoms with Gasteiger partial charge in [0.05, 0.1) is 0 Å². The number of benzene rings is 1. The van der Waals surface area contributed by atoms with E-state index in [0.717, 1.165) is 5.92 Å². The van der Waals surface area contributed by atoms with Crippen molar-refractivity contribution in [3.8, 4) is 5.75 Å². The van der Waals surface area contributed by atoms with E-state index < -0.39 is 0 Å². The summed E-state index contributed by atoms with van der Waals surface area (Å²) < 4.78 is 13.6. The number of halogens is 1. The van der Waals surface area contributed by atoms with Crippen LogP contribution in [0.3, 0.4) is 0 Å². The topological polar surface area (TPSA) is 32.3 Å². The number of hydrogen-bond donors (Lipinski definition) is 2. The van der Waals surface area contributed by atoms with Gasteiger partial charge in [0.15, 0.2) is 0 Å². The van der Waals surface area contributed by atoms with Crippen molar-refractivity contribution in [2.45, 2.75) is 45.2 Å². The largest absolute Gasteiger partial charge is 0.508 e. The van der Waals surface area contributed by atoms with Crippen molar-refractivity contribution in [3.05, 3.63) is 29.6 Å². The third-order valence-corrected chi connectivity index (χ3v) is 3.82. The van der Waals surface area contributed by atoms with Gasteiger partial charge in [0, 0.05) is 23.7 Å². The van der Waals surface area contributed by atoms with Crippen LogP contribution < -0.4 is 5.32 Å². The first kappa shape index (κ1) is 12.4. The normalized spacial score (nSPS) is 19.7. The van der Waals surface area contributed by atoms with E-state index in [1.165, 1.54) is 31.4 Å². The van der Waals surface area contributed by atoms with Crippen molar-refractivity contribution < 1.29 is 9.50 Å². The predicted octanol–water partition coefficient (Wildman–Crippen LogP) is 3.37. The number of nitrogens with one attached hydrogen (secondary N) is 1. The molecule has 2 atom stereocenters. The average molecular weight is 237 g/mol. The van der Waals surface area contributed by atoms with Gasteiger partial charge < -0.3 is 10.4 Å². The molecule has 17 heavy (non-hydrogen) atoms. The van der Waals surface area contributed by atoms with E-state index in [1.54, 1.807) is 6.07 Å². The summed E-state index contributed by atoms with van der Waals surface area (Å²) in [6, 6.07) is 4.75. The van der Waals surface area contributed by atoms with Crippen LogP contribution in [0.1, 0.15) is 44.7 Å². The minimum Gasteiger partial charge on any atom is -0.508 e. The summed E-state index contributed by atoms with van der Waals surface area (Å²) >= 11 is 0. The highest BCUT2D eigenvalue weighted by molar-refractivity contribution is 5.29. The summed E-state index contributed by atoms with van der Waals surface area (Å²) in [6.45, 7) is 4.13. The molecule has 1 aromatic rings. The van der Waals surface area contributed by atoms with Crippen LogP contribution in [0, 0.1) is 11.7 Å². The SMILES string of the molecule is CC(NC(C)C1CCC1)c1ccc(O)cc1F. The van der Waals surface area contributed by atoms with E-state index in [-0.39, 0.29) is 17.6 Å². The highest BCUT2D eigenvalue weighted by Gasteiger charge is 2.25. The number of phenolic OH excluding ortho intramolecular Hbond substituents is 1. The first-order valence-corrected chi connectivity index (χ1v) is 6.32. The molecule has 0 heterocycles. The minimum atomic E-state index is -0.342. The second-order valence-corrected chi connectivity index (χ2v) is 5.07. The molecule has 0 aromatic heterocycles. The zero-order valence-electron chi connectivity index (χ0n) is 10.4. The van der Waals surface area contributed by atoms with E-state index in [9.17, 15) is 9.50 Å². The number of rotatable bonds is 4. The molecule has 1 saturated carbocycles. The van der Waals surface area contributed by atoms with Gasteiger partial charge in [0.2, 0.25) is 0 Å². The lowest BCUT2D eigenvalue weighted by Gasteiger charge is -2.34. The molecule has 0 radical (unpaired) electrons.